The fraction of sp³-hybridized carbons (Fsp3) is 0.133. The molecular formula is C15H15FN2OS. The van der Waals surface area contributed by atoms with Gasteiger partial charge in [0.2, 0.25) is 5.91 Å². The first-order valence-corrected chi connectivity index (χ1v) is 7.07. The van der Waals surface area contributed by atoms with Gasteiger partial charge in [-0.25, -0.2) is 4.39 Å². The van der Waals surface area contributed by atoms with E-state index in [0.717, 1.165) is 10.5 Å². The molecule has 1 amide bonds. The average Bonchev–Trinajstić information content (AvgIpc) is 2.40. The Hall–Kier alpha value is -2.01. The van der Waals surface area contributed by atoms with E-state index in [0.29, 0.717) is 11.4 Å². The molecule has 2 aromatic rings. The molecule has 0 aliphatic carbocycles. The molecule has 0 bridgehead atoms. The molecule has 0 aliphatic heterocycles. The predicted octanol–water partition coefficient (Wildman–Crippen LogP) is 3.45. The lowest BCUT2D eigenvalue weighted by molar-refractivity contribution is -0.113. The van der Waals surface area contributed by atoms with E-state index < -0.39 is 0 Å². The molecule has 0 spiro atoms. The number of carbonyl (C=O) groups is 1. The molecule has 104 valence electrons. The fourth-order valence-electron chi connectivity index (χ4n) is 1.69. The van der Waals surface area contributed by atoms with Gasteiger partial charge >= 0.3 is 0 Å². The van der Waals surface area contributed by atoms with Crippen molar-refractivity contribution in [1.29, 1.82) is 0 Å². The molecule has 2 rings (SSSR count). The lowest BCUT2D eigenvalue weighted by Gasteiger charge is -2.08. The second-order valence-corrected chi connectivity index (χ2v) is 5.43. The zero-order valence-corrected chi connectivity index (χ0v) is 11.8. The van der Waals surface area contributed by atoms with Gasteiger partial charge in [0.25, 0.3) is 0 Å². The Morgan fingerprint density at radius 2 is 2.10 bits per heavy atom. The largest absolute Gasteiger partial charge is 0.397 e. The Bertz CT molecular complexity index is 631. The molecule has 3 N–H and O–H groups in total. The molecular weight excluding hydrogens is 275 g/mol. The van der Waals surface area contributed by atoms with Gasteiger partial charge in [-0.2, -0.15) is 0 Å². The highest BCUT2D eigenvalue weighted by molar-refractivity contribution is 8.00. The van der Waals surface area contributed by atoms with E-state index in [1.807, 2.05) is 13.0 Å². The molecule has 0 saturated carbocycles. The normalized spacial score (nSPS) is 10.3. The minimum atomic E-state index is -0.307. The molecule has 0 fully saturated rings. The van der Waals surface area contributed by atoms with Crippen molar-refractivity contribution in [3.05, 3.63) is 53.8 Å². The number of carbonyl (C=O) groups excluding carboxylic acids is 1. The van der Waals surface area contributed by atoms with E-state index in [1.165, 1.54) is 23.9 Å². The van der Waals surface area contributed by atoms with Crippen LogP contribution in [-0.2, 0) is 4.79 Å². The molecule has 3 nitrogen and oxygen atoms in total. The van der Waals surface area contributed by atoms with Crippen molar-refractivity contribution in [2.45, 2.75) is 11.8 Å². The molecule has 0 aromatic heterocycles. The monoisotopic (exact) mass is 290 g/mol. The SMILES string of the molecule is Cc1ccc(NC(=O)CSc2cccc(F)c2)c(N)c1. The highest BCUT2D eigenvalue weighted by Crippen LogP contribution is 2.22. The van der Waals surface area contributed by atoms with Gasteiger partial charge in [-0.15, -0.1) is 11.8 Å². The number of rotatable bonds is 4. The van der Waals surface area contributed by atoms with E-state index in [2.05, 4.69) is 5.32 Å². The Balaban J connectivity index is 1.92. The van der Waals surface area contributed by atoms with E-state index >= 15 is 0 Å². The summed E-state index contributed by atoms with van der Waals surface area (Å²) in [5, 5.41) is 2.74. The molecule has 0 aliphatic rings. The molecule has 0 radical (unpaired) electrons. The van der Waals surface area contributed by atoms with Crippen LogP contribution in [0.15, 0.2) is 47.4 Å². The average molecular weight is 290 g/mol. The van der Waals surface area contributed by atoms with Crippen LogP contribution in [0.5, 0.6) is 0 Å². The van der Waals surface area contributed by atoms with Gasteiger partial charge in [0.05, 0.1) is 17.1 Å². The van der Waals surface area contributed by atoms with Crippen LogP contribution in [-0.4, -0.2) is 11.7 Å². The first-order chi connectivity index (χ1) is 9.54. The van der Waals surface area contributed by atoms with Gasteiger partial charge in [-0.3, -0.25) is 4.79 Å². The first-order valence-electron chi connectivity index (χ1n) is 6.09. The minimum Gasteiger partial charge on any atom is -0.397 e. The van der Waals surface area contributed by atoms with Crippen LogP contribution in [0.25, 0.3) is 0 Å². The van der Waals surface area contributed by atoms with Crippen molar-refractivity contribution in [3.63, 3.8) is 0 Å². The van der Waals surface area contributed by atoms with Crippen LogP contribution >= 0.6 is 11.8 Å². The smallest absolute Gasteiger partial charge is 0.234 e. The molecule has 20 heavy (non-hydrogen) atoms. The van der Waals surface area contributed by atoms with Crippen molar-refractivity contribution < 1.29 is 9.18 Å². The highest BCUT2D eigenvalue weighted by atomic mass is 32.2. The third kappa shape index (κ3) is 3.99. The summed E-state index contributed by atoms with van der Waals surface area (Å²) in [6.45, 7) is 1.93. The minimum absolute atomic E-state index is 0.171. The van der Waals surface area contributed by atoms with Crippen LogP contribution in [0.1, 0.15) is 5.56 Å². The van der Waals surface area contributed by atoms with Crippen LogP contribution < -0.4 is 11.1 Å². The van der Waals surface area contributed by atoms with Gasteiger partial charge in [0, 0.05) is 4.90 Å². The third-order valence-electron chi connectivity index (χ3n) is 2.65. The van der Waals surface area contributed by atoms with Crippen molar-refractivity contribution in [2.24, 2.45) is 0 Å². The molecule has 0 saturated heterocycles. The number of benzene rings is 2. The Kier molecular flexibility index (Phi) is 4.63. The van der Waals surface area contributed by atoms with Gasteiger partial charge in [0.1, 0.15) is 5.82 Å². The maximum Gasteiger partial charge on any atom is 0.234 e. The Labute approximate surface area is 121 Å². The van der Waals surface area contributed by atoms with Crippen molar-refractivity contribution in [3.8, 4) is 0 Å². The van der Waals surface area contributed by atoms with E-state index in [4.69, 9.17) is 5.73 Å². The number of halogens is 1. The number of anilines is 2. The van der Waals surface area contributed by atoms with E-state index in [-0.39, 0.29) is 17.5 Å². The van der Waals surface area contributed by atoms with Crippen LogP contribution in [0.4, 0.5) is 15.8 Å². The van der Waals surface area contributed by atoms with Crippen LogP contribution in [0, 0.1) is 12.7 Å². The van der Waals surface area contributed by atoms with E-state index in [9.17, 15) is 9.18 Å². The fourth-order valence-corrected chi connectivity index (χ4v) is 2.43. The first kappa shape index (κ1) is 14.4. The van der Waals surface area contributed by atoms with Gasteiger partial charge in [-0.05, 0) is 42.8 Å². The number of hydrogen-bond acceptors (Lipinski definition) is 3. The molecule has 2 aromatic carbocycles. The Morgan fingerprint density at radius 3 is 2.80 bits per heavy atom. The summed E-state index contributed by atoms with van der Waals surface area (Å²) in [6.07, 6.45) is 0. The summed E-state index contributed by atoms with van der Waals surface area (Å²) in [5.41, 5.74) is 8.00. The summed E-state index contributed by atoms with van der Waals surface area (Å²) in [7, 11) is 0. The predicted molar refractivity (Wildman–Crippen MR) is 81.3 cm³/mol. The van der Waals surface area contributed by atoms with Crippen molar-refractivity contribution in [1.82, 2.24) is 0 Å². The van der Waals surface area contributed by atoms with Crippen molar-refractivity contribution >= 4 is 29.0 Å². The topological polar surface area (TPSA) is 55.1 Å². The van der Waals surface area contributed by atoms with Crippen LogP contribution in [0.3, 0.4) is 0 Å². The number of nitrogens with two attached hydrogens (primary N) is 1. The summed E-state index contributed by atoms with van der Waals surface area (Å²) < 4.78 is 13.0. The summed E-state index contributed by atoms with van der Waals surface area (Å²) in [6, 6.07) is 11.6. The molecule has 0 heterocycles. The number of aryl methyl sites for hydroxylation is 1. The zero-order chi connectivity index (χ0) is 14.5. The third-order valence-corrected chi connectivity index (χ3v) is 3.64. The quantitative estimate of drug-likeness (QED) is 0.670. The number of nitrogen functional groups attached to an aromatic ring is 1. The number of thioether (sulfide) groups is 1. The number of hydrogen-bond donors (Lipinski definition) is 2. The highest BCUT2D eigenvalue weighted by Gasteiger charge is 2.06. The second-order valence-electron chi connectivity index (χ2n) is 4.38. The Morgan fingerprint density at radius 1 is 1.30 bits per heavy atom. The molecule has 0 unspecified atom stereocenters. The van der Waals surface area contributed by atoms with E-state index in [1.54, 1.807) is 24.3 Å². The van der Waals surface area contributed by atoms with Gasteiger partial charge in [-0.1, -0.05) is 12.1 Å². The summed E-state index contributed by atoms with van der Waals surface area (Å²) in [5.74, 6) is -0.274. The summed E-state index contributed by atoms with van der Waals surface area (Å²) in [4.78, 5) is 12.5. The zero-order valence-electron chi connectivity index (χ0n) is 11.0. The lowest BCUT2D eigenvalue weighted by Crippen LogP contribution is -2.15. The summed E-state index contributed by atoms with van der Waals surface area (Å²) >= 11 is 1.28. The second kappa shape index (κ2) is 6.43. The molecule has 0 atom stereocenters. The van der Waals surface area contributed by atoms with Crippen LogP contribution in [0.2, 0.25) is 0 Å². The standard InChI is InChI=1S/C15H15FN2OS/c1-10-5-6-14(13(17)7-10)18-15(19)9-20-12-4-2-3-11(16)8-12/h2-8H,9,17H2,1H3,(H,18,19). The van der Waals surface area contributed by atoms with Gasteiger partial charge < -0.3 is 11.1 Å². The lowest BCUT2D eigenvalue weighted by atomic mass is 10.2. The maximum absolute atomic E-state index is 13.0. The number of nitrogens with one attached hydrogen (secondary N) is 1. The molecule has 5 heteroatoms. The maximum atomic E-state index is 13.0. The number of amides is 1. The van der Waals surface area contributed by atoms with Gasteiger partial charge in [0.15, 0.2) is 0 Å². The van der Waals surface area contributed by atoms with Crippen molar-refractivity contribution in [2.75, 3.05) is 16.8 Å².